The molecule has 0 aromatic heterocycles. The van der Waals surface area contributed by atoms with Crippen molar-refractivity contribution in [3.8, 4) is 5.75 Å². The predicted octanol–water partition coefficient (Wildman–Crippen LogP) is 5.79. The van der Waals surface area contributed by atoms with Gasteiger partial charge in [0.2, 0.25) is 0 Å². The highest BCUT2D eigenvalue weighted by atomic mass is 19.1. The van der Waals surface area contributed by atoms with Crippen molar-refractivity contribution >= 4 is 23.4 Å². The van der Waals surface area contributed by atoms with Crippen LogP contribution in [0.1, 0.15) is 56.6 Å². The molecule has 2 unspecified atom stereocenters. The first-order chi connectivity index (χ1) is 14.9. The van der Waals surface area contributed by atoms with Gasteiger partial charge in [-0.3, -0.25) is 4.79 Å². The maximum absolute atomic E-state index is 13.9. The van der Waals surface area contributed by atoms with Gasteiger partial charge in [0.1, 0.15) is 11.6 Å². The quantitative estimate of drug-likeness (QED) is 0.447. The Hall–Kier alpha value is -3.09. The van der Waals surface area contributed by atoms with Crippen molar-refractivity contribution in [2.45, 2.75) is 51.9 Å². The third-order valence-corrected chi connectivity index (χ3v) is 5.34. The summed E-state index contributed by atoms with van der Waals surface area (Å²) in [7, 11) is 0. The van der Waals surface area contributed by atoms with Crippen LogP contribution in [0.5, 0.6) is 5.75 Å². The molecule has 1 fully saturated rings. The Morgan fingerprint density at radius 1 is 1.13 bits per heavy atom. The maximum atomic E-state index is 13.9. The number of benzene rings is 2. The van der Waals surface area contributed by atoms with Gasteiger partial charge in [-0.25, -0.2) is 9.18 Å². The van der Waals surface area contributed by atoms with E-state index in [-0.39, 0.29) is 11.6 Å². The number of amides is 2. The highest BCUT2D eigenvalue weighted by molar-refractivity contribution is 6.01. The van der Waals surface area contributed by atoms with Gasteiger partial charge in [-0.05, 0) is 60.9 Å². The van der Waals surface area contributed by atoms with E-state index in [1.807, 2.05) is 13.0 Å². The zero-order valence-electron chi connectivity index (χ0n) is 17.9. The van der Waals surface area contributed by atoms with Crippen LogP contribution >= 0.6 is 0 Å². The zero-order chi connectivity index (χ0) is 22.4. The van der Waals surface area contributed by atoms with Gasteiger partial charge in [0.15, 0.2) is 0 Å². The van der Waals surface area contributed by atoms with Gasteiger partial charge < -0.3 is 20.5 Å². The number of carbonyl (C=O) groups excluding carboxylic acids is 1. The van der Waals surface area contributed by atoms with Crippen molar-refractivity contribution in [1.29, 1.82) is 0 Å². The summed E-state index contributed by atoms with van der Waals surface area (Å²) in [4.78, 5) is 24.0. The average Bonchev–Trinajstić information content (AvgIpc) is 3.54. The van der Waals surface area contributed by atoms with Crippen LogP contribution in [0.2, 0.25) is 0 Å². The number of hydrogen-bond donors (Lipinski definition) is 3. The van der Waals surface area contributed by atoms with Gasteiger partial charge in [-0.15, -0.1) is 0 Å². The first-order valence-corrected chi connectivity index (χ1v) is 10.8. The molecule has 2 amide bonds. The van der Waals surface area contributed by atoms with Crippen LogP contribution in [0.3, 0.4) is 0 Å². The Bertz CT molecular complexity index is 947. The van der Waals surface area contributed by atoms with Crippen molar-refractivity contribution in [2.75, 3.05) is 17.2 Å². The third-order valence-electron chi connectivity index (χ3n) is 5.34. The van der Waals surface area contributed by atoms with Crippen molar-refractivity contribution in [3.63, 3.8) is 0 Å². The summed E-state index contributed by atoms with van der Waals surface area (Å²) in [5, 5.41) is 14.6. The molecule has 1 aliphatic carbocycles. The largest absolute Gasteiger partial charge is 0.491 e. The normalized spacial score (nSPS) is 17.1. The number of carboxylic acids is 1. The molecule has 1 aliphatic rings. The fraction of sp³-hybridized carbons (Fsp3) is 0.417. The average molecular weight is 429 g/mol. The second-order valence-corrected chi connectivity index (χ2v) is 7.85. The first-order valence-electron chi connectivity index (χ1n) is 10.8. The van der Waals surface area contributed by atoms with E-state index < -0.39 is 23.7 Å². The Morgan fingerprint density at radius 3 is 2.52 bits per heavy atom. The van der Waals surface area contributed by atoms with E-state index in [1.165, 1.54) is 12.1 Å². The molecule has 7 heteroatoms. The number of carbonyl (C=O) groups is 2. The van der Waals surface area contributed by atoms with Gasteiger partial charge in [0, 0.05) is 0 Å². The van der Waals surface area contributed by atoms with Crippen molar-refractivity contribution in [2.24, 2.45) is 5.92 Å². The van der Waals surface area contributed by atoms with Crippen molar-refractivity contribution < 1.29 is 23.8 Å². The Morgan fingerprint density at radius 2 is 1.87 bits per heavy atom. The molecule has 3 rings (SSSR count). The zero-order valence-corrected chi connectivity index (χ0v) is 17.9. The molecule has 0 spiro atoms. The van der Waals surface area contributed by atoms with Crippen molar-refractivity contribution in [1.82, 2.24) is 0 Å². The van der Waals surface area contributed by atoms with Gasteiger partial charge >= 0.3 is 12.0 Å². The van der Waals surface area contributed by atoms with Crippen LogP contribution in [-0.2, 0) is 11.2 Å². The highest BCUT2D eigenvalue weighted by Gasteiger charge is 2.44. The maximum Gasteiger partial charge on any atom is 0.323 e. The number of aliphatic carboxylic acids is 1. The summed E-state index contributed by atoms with van der Waals surface area (Å²) in [5.74, 6) is -1.22. The van der Waals surface area contributed by atoms with E-state index in [2.05, 4.69) is 17.6 Å². The minimum atomic E-state index is -0.807. The van der Waals surface area contributed by atoms with Crippen LogP contribution in [0.25, 0.3) is 0 Å². The third kappa shape index (κ3) is 5.75. The van der Waals surface area contributed by atoms with E-state index in [1.54, 1.807) is 18.2 Å². The number of anilines is 2. The summed E-state index contributed by atoms with van der Waals surface area (Å²) in [6.45, 7) is 4.59. The first kappa shape index (κ1) is 22.6. The molecule has 3 N–H and O–H groups in total. The lowest BCUT2D eigenvalue weighted by Gasteiger charge is -2.19. The lowest BCUT2D eigenvalue weighted by Crippen LogP contribution is -2.21. The molecular formula is C24H29FN2O4. The van der Waals surface area contributed by atoms with Crippen LogP contribution in [0, 0.1) is 11.7 Å². The molecule has 2 aromatic carbocycles. The monoisotopic (exact) mass is 428 g/mol. The summed E-state index contributed by atoms with van der Waals surface area (Å²) in [6, 6.07) is 9.14. The number of ether oxygens (including phenoxy) is 1. The van der Waals surface area contributed by atoms with Crippen molar-refractivity contribution in [3.05, 3.63) is 53.3 Å². The molecule has 2 atom stereocenters. The molecule has 0 heterocycles. The molecular weight excluding hydrogens is 399 g/mol. The van der Waals surface area contributed by atoms with E-state index in [0.717, 1.165) is 36.8 Å². The lowest BCUT2D eigenvalue weighted by molar-refractivity contribution is -0.138. The summed E-state index contributed by atoms with van der Waals surface area (Å²) < 4.78 is 19.9. The number of urea groups is 1. The number of carboxylic acid groups (broad SMARTS) is 1. The fourth-order valence-electron chi connectivity index (χ4n) is 3.62. The molecule has 0 radical (unpaired) electrons. The van der Waals surface area contributed by atoms with Gasteiger partial charge in [0.25, 0.3) is 0 Å². The Kier molecular flexibility index (Phi) is 7.50. The molecule has 0 saturated heterocycles. The minimum absolute atomic E-state index is 0.0755. The molecule has 2 aromatic rings. The number of nitrogens with one attached hydrogen (secondary N) is 2. The number of unbranched alkanes of at least 4 members (excludes halogenated alkanes) is 1. The fourth-order valence-corrected chi connectivity index (χ4v) is 3.62. The van der Waals surface area contributed by atoms with Crippen LogP contribution in [-0.4, -0.2) is 23.7 Å². The van der Waals surface area contributed by atoms with Crippen LogP contribution in [0.15, 0.2) is 36.4 Å². The van der Waals surface area contributed by atoms with Gasteiger partial charge in [-0.2, -0.15) is 0 Å². The summed E-state index contributed by atoms with van der Waals surface area (Å²) in [6.07, 6.45) is 4.09. The molecule has 31 heavy (non-hydrogen) atoms. The minimum Gasteiger partial charge on any atom is -0.491 e. The molecule has 1 saturated carbocycles. The van der Waals surface area contributed by atoms with Gasteiger partial charge in [0.05, 0.1) is 23.9 Å². The highest BCUT2D eigenvalue weighted by Crippen LogP contribution is 2.49. The second-order valence-electron chi connectivity index (χ2n) is 7.85. The lowest BCUT2D eigenvalue weighted by atomic mass is 9.99. The van der Waals surface area contributed by atoms with Gasteiger partial charge in [-0.1, -0.05) is 38.5 Å². The van der Waals surface area contributed by atoms with E-state index >= 15 is 0 Å². The van der Waals surface area contributed by atoms with E-state index in [0.29, 0.717) is 24.5 Å². The van der Waals surface area contributed by atoms with Crippen LogP contribution in [0.4, 0.5) is 20.6 Å². The molecule has 166 valence electrons. The van der Waals surface area contributed by atoms with E-state index in [4.69, 9.17) is 4.74 Å². The summed E-state index contributed by atoms with van der Waals surface area (Å²) in [5.41, 5.74) is 2.38. The number of aryl methyl sites for hydroxylation is 1. The van der Waals surface area contributed by atoms with E-state index in [9.17, 15) is 19.1 Å². The molecule has 0 aliphatic heterocycles. The number of para-hydroxylation sites is 1. The smallest absolute Gasteiger partial charge is 0.323 e. The SMILES string of the molecule is CCCCc1cc(C2CC2C(=O)O)cc(NC(=O)Nc2ccccc2F)c1OCCC. The summed E-state index contributed by atoms with van der Waals surface area (Å²) >= 11 is 0. The standard InChI is InChI=1S/C24H29FN2O4/c1-3-5-8-15-12-16(17-14-18(17)23(28)29)13-21(22(15)31-11-4-2)27-24(30)26-20-10-7-6-9-19(20)25/h6-7,9-10,12-13,17-18H,3-5,8,11,14H2,1-2H3,(H,28,29)(H2,26,27,30). The topological polar surface area (TPSA) is 87.7 Å². The number of hydrogen-bond acceptors (Lipinski definition) is 3. The number of rotatable bonds is 10. The van der Waals surface area contributed by atoms with Crippen LogP contribution < -0.4 is 15.4 Å². The molecule has 0 bridgehead atoms. The second kappa shape index (κ2) is 10.3. The Balaban J connectivity index is 1.91. The number of halogens is 1. The molecule has 6 nitrogen and oxygen atoms in total. The predicted molar refractivity (Wildman–Crippen MR) is 118 cm³/mol. The Labute approximate surface area is 181 Å².